The van der Waals surface area contributed by atoms with Crippen LogP contribution >= 0.6 is 0 Å². The first-order valence-electron chi connectivity index (χ1n) is 4.88. The molecule has 0 amide bonds. The lowest BCUT2D eigenvalue weighted by molar-refractivity contribution is 0.411. The summed E-state index contributed by atoms with van der Waals surface area (Å²) in [6.45, 7) is 7.01. The quantitative estimate of drug-likeness (QED) is 0.789. The largest absolute Gasteiger partial charge is 0.243 e. The van der Waals surface area contributed by atoms with Gasteiger partial charge in [-0.05, 0) is 32.9 Å². The van der Waals surface area contributed by atoms with Gasteiger partial charge in [0.2, 0.25) is 10.0 Å². The van der Waals surface area contributed by atoms with Crippen molar-refractivity contribution in [1.82, 2.24) is 4.31 Å². The van der Waals surface area contributed by atoms with Crippen molar-refractivity contribution in [2.75, 3.05) is 0 Å². The number of hydrogen-bond acceptors (Lipinski definition) is 2. The molecule has 0 heterocycles. The Bertz CT molecular complexity index is 398. The van der Waals surface area contributed by atoms with Gasteiger partial charge >= 0.3 is 0 Å². The van der Waals surface area contributed by atoms with Gasteiger partial charge in [-0.15, -0.1) is 0 Å². The van der Waals surface area contributed by atoms with Crippen LogP contribution in [0.3, 0.4) is 0 Å². The van der Waals surface area contributed by atoms with E-state index in [0.29, 0.717) is 4.90 Å². The molecule has 0 aromatic heterocycles. The van der Waals surface area contributed by atoms with E-state index in [1.165, 1.54) is 4.31 Å². The van der Waals surface area contributed by atoms with E-state index in [2.05, 4.69) is 0 Å². The van der Waals surface area contributed by atoms with Crippen molar-refractivity contribution in [1.29, 1.82) is 0 Å². The van der Waals surface area contributed by atoms with Crippen LogP contribution in [0.4, 0.5) is 0 Å². The van der Waals surface area contributed by atoms with Gasteiger partial charge in [-0.1, -0.05) is 18.2 Å². The number of hydrogen-bond donors (Lipinski definition) is 0. The van der Waals surface area contributed by atoms with Crippen molar-refractivity contribution in [3.05, 3.63) is 36.9 Å². The maximum Gasteiger partial charge on any atom is 0.243 e. The molecule has 0 atom stereocenters. The van der Waals surface area contributed by atoms with Gasteiger partial charge in [-0.2, -0.15) is 4.31 Å². The van der Waals surface area contributed by atoms with Crippen molar-refractivity contribution in [2.45, 2.75) is 31.7 Å². The normalized spacial score (nSPS) is 12.3. The van der Waals surface area contributed by atoms with E-state index in [1.807, 2.05) is 13.8 Å². The van der Waals surface area contributed by atoms with Gasteiger partial charge in [0.25, 0.3) is 0 Å². The summed E-state index contributed by atoms with van der Waals surface area (Å²) in [5.74, 6) is 0. The van der Waals surface area contributed by atoms with Crippen molar-refractivity contribution in [2.24, 2.45) is 0 Å². The van der Waals surface area contributed by atoms with Gasteiger partial charge in [0.05, 0.1) is 4.90 Å². The third-order valence-electron chi connectivity index (χ3n) is 2.08. The lowest BCUT2D eigenvalue weighted by Crippen LogP contribution is -2.33. The molecule has 0 fully saturated rings. The first-order chi connectivity index (χ1) is 7.00. The molecule has 4 heteroatoms. The monoisotopic (exact) mass is 226 g/mol. The van der Waals surface area contributed by atoms with Gasteiger partial charge in [-0.3, -0.25) is 0 Å². The average Bonchev–Trinajstić information content (AvgIpc) is 2.19. The summed E-state index contributed by atoms with van der Waals surface area (Å²) in [5, 5.41) is 0. The highest BCUT2D eigenvalue weighted by molar-refractivity contribution is 7.89. The van der Waals surface area contributed by atoms with E-state index in [1.54, 1.807) is 43.8 Å². The minimum Gasteiger partial charge on any atom is -0.207 e. The number of sulfonamides is 1. The summed E-state index contributed by atoms with van der Waals surface area (Å²) in [6.07, 6.45) is 0. The Morgan fingerprint density at radius 3 is 2.13 bits per heavy atom. The van der Waals surface area contributed by atoms with Crippen LogP contribution in [0, 0.1) is 6.54 Å². The summed E-state index contributed by atoms with van der Waals surface area (Å²) < 4.78 is 25.6. The summed E-state index contributed by atoms with van der Waals surface area (Å²) in [5.41, 5.74) is 0. The van der Waals surface area contributed by atoms with Crippen LogP contribution in [0.5, 0.6) is 0 Å². The second kappa shape index (κ2) is 4.77. The second-order valence-electron chi connectivity index (χ2n) is 3.50. The lowest BCUT2D eigenvalue weighted by atomic mass is 10.4. The fraction of sp³-hybridized carbons (Fsp3) is 0.364. The summed E-state index contributed by atoms with van der Waals surface area (Å²) >= 11 is 0. The van der Waals surface area contributed by atoms with Crippen molar-refractivity contribution in [3.63, 3.8) is 0 Å². The predicted octanol–water partition coefficient (Wildman–Crippen LogP) is 2.27. The molecule has 0 unspecified atom stereocenters. The van der Waals surface area contributed by atoms with Crippen LogP contribution in [0.15, 0.2) is 35.2 Å². The molecule has 83 valence electrons. The van der Waals surface area contributed by atoms with Crippen LogP contribution < -0.4 is 0 Å². The van der Waals surface area contributed by atoms with Crippen LogP contribution in [0.1, 0.15) is 20.8 Å². The van der Waals surface area contributed by atoms with E-state index >= 15 is 0 Å². The van der Waals surface area contributed by atoms with Crippen LogP contribution in [-0.4, -0.2) is 18.8 Å². The van der Waals surface area contributed by atoms with Crippen molar-refractivity contribution >= 4 is 10.0 Å². The Kier molecular flexibility index (Phi) is 3.88. The SMILES string of the molecule is C[CH]N(C(C)C)S(=O)(=O)c1ccccc1. The summed E-state index contributed by atoms with van der Waals surface area (Å²) in [4.78, 5) is 0.330. The fourth-order valence-electron chi connectivity index (χ4n) is 1.43. The Labute approximate surface area is 91.8 Å². The van der Waals surface area contributed by atoms with E-state index < -0.39 is 10.0 Å². The van der Waals surface area contributed by atoms with Crippen LogP contribution in [0.2, 0.25) is 0 Å². The minimum absolute atomic E-state index is 0.0693. The van der Waals surface area contributed by atoms with Gasteiger partial charge in [-0.25, -0.2) is 8.42 Å². The van der Waals surface area contributed by atoms with Crippen molar-refractivity contribution < 1.29 is 8.42 Å². The van der Waals surface area contributed by atoms with E-state index in [4.69, 9.17) is 0 Å². The molecule has 1 rings (SSSR count). The van der Waals surface area contributed by atoms with Crippen LogP contribution in [0.25, 0.3) is 0 Å². The van der Waals surface area contributed by atoms with Crippen molar-refractivity contribution in [3.8, 4) is 0 Å². The Morgan fingerprint density at radius 2 is 1.73 bits per heavy atom. The highest BCUT2D eigenvalue weighted by Crippen LogP contribution is 2.18. The maximum absolute atomic E-state index is 12.1. The first-order valence-corrected chi connectivity index (χ1v) is 6.32. The molecule has 0 aliphatic rings. The fourth-order valence-corrected chi connectivity index (χ4v) is 3.01. The molecule has 1 radical (unpaired) electrons. The molecule has 0 N–H and O–H groups in total. The van der Waals surface area contributed by atoms with E-state index in [0.717, 1.165) is 0 Å². The van der Waals surface area contributed by atoms with E-state index in [-0.39, 0.29) is 6.04 Å². The Hall–Kier alpha value is -0.870. The smallest absolute Gasteiger partial charge is 0.207 e. The van der Waals surface area contributed by atoms with Gasteiger partial charge < -0.3 is 0 Å². The first kappa shape index (κ1) is 12.2. The zero-order chi connectivity index (χ0) is 11.5. The number of nitrogens with zero attached hydrogens (tertiary/aromatic N) is 1. The maximum atomic E-state index is 12.1. The molecule has 0 saturated carbocycles. The summed E-state index contributed by atoms with van der Waals surface area (Å²) in [7, 11) is -3.37. The third kappa shape index (κ3) is 2.58. The molecule has 0 spiro atoms. The zero-order valence-electron chi connectivity index (χ0n) is 9.21. The Morgan fingerprint density at radius 1 is 1.20 bits per heavy atom. The minimum atomic E-state index is -3.37. The molecule has 3 nitrogen and oxygen atoms in total. The molecule has 1 aromatic carbocycles. The summed E-state index contributed by atoms with van der Waals surface area (Å²) in [6, 6.07) is 8.39. The molecule has 0 bridgehead atoms. The number of benzene rings is 1. The molecule has 0 aliphatic heterocycles. The third-order valence-corrected chi connectivity index (χ3v) is 4.14. The highest BCUT2D eigenvalue weighted by Gasteiger charge is 2.24. The predicted molar refractivity (Wildman–Crippen MR) is 60.6 cm³/mol. The molecule has 0 saturated heterocycles. The second-order valence-corrected chi connectivity index (χ2v) is 5.34. The topological polar surface area (TPSA) is 37.4 Å². The zero-order valence-corrected chi connectivity index (χ0v) is 10.0. The molecule has 0 aliphatic carbocycles. The van der Waals surface area contributed by atoms with Gasteiger partial charge in [0.1, 0.15) is 0 Å². The average molecular weight is 226 g/mol. The highest BCUT2D eigenvalue weighted by atomic mass is 32.2. The molecular weight excluding hydrogens is 210 g/mol. The molecular formula is C11H16NO2S. The standard InChI is InChI=1S/C11H16NO2S/c1-4-12(10(2)3)15(13,14)11-8-6-5-7-9-11/h4-10H,1-3H3. The molecule has 1 aromatic rings. The lowest BCUT2D eigenvalue weighted by Gasteiger charge is -2.23. The Balaban J connectivity index is 3.13. The van der Waals surface area contributed by atoms with Gasteiger partial charge in [0.15, 0.2) is 0 Å². The molecule has 15 heavy (non-hydrogen) atoms. The number of rotatable bonds is 4. The van der Waals surface area contributed by atoms with E-state index in [9.17, 15) is 8.42 Å². The van der Waals surface area contributed by atoms with Crippen LogP contribution in [-0.2, 0) is 10.0 Å². The van der Waals surface area contributed by atoms with Gasteiger partial charge in [0, 0.05) is 12.6 Å².